The molecule has 1 aromatic heterocycles. The highest BCUT2D eigenvalue weighted by Crippen LogP contribution is 2.25. The van der Waals surface area contributed by atoms with Crippen molar-refractivity contribution in [3.63, 3.8) is 0 Å². The molecule has 0 amide bonds. The van der Waals surface area contributed by atoms with E-state index in [1.165, 1.54) is 16.8 Å². The Hall–Kier alpha value is -2.70. The molecule has 7 nitrogen and oxygen atoms in total. The highest BCUT2D eigenvalue weighted by Gasteiger charge is 2.15. The van der Waals surface area contributed by atoms with E-state index in [1.807, 2.05) is 0 Å². The molecule has 0 radical (unpaired) electrons. The first kappa shape index (κ1) is 12.7. The first-order valence-corrected chi connectivity index (χ1v) is 5.63. The van der Waals surface area contributed by atoms with Crippen molar-refractivity contribution in [1.82, 2.24) is 9.78 Å². The van der Waals surface area contributed by atoms with Gasteiger partial charge in [-0.25, -0.2) is 4.68 Å². The molecule has 0 saturated heterocycles. The van der Waals surface area contributed by atoms with Crippen molar-refractivity contribution in [3.8, 4) is 11.4 Å². The van der Waals surface area contributed by atoms with Crippen LogP contribution in [0, 0.1) is 0 Å². The van der Waals surface area contributed by atoms with Crippen LogP contribution in [0.1, 0.15) is 12.0 Å². The third kappa shape index (κ3) is 2.59. The first-order valence-electron chi connectivity index (χ1n) is 5.63. The number of anilines is 2. The summed E-state index contributed by atoms with van der Waals surface area (Å²) in [6, 6.07) is 6.38. The number of nitrogens with two attached hydrogens (primary N) is 2. The number of aromatic nitrogens is 2. The molecule has 19 heavy (non-hydrogen) atoms. The lowest BCUT2D eigenvalue weighted by Gasteiger charge is -2.05. The third-order valence-electron chi connectivity index (χ3n) is 2.72. The normalized spacial score (nSPS) is 10.5. The fraction of sp³-hybridized carbons (Fsp3) is 0.167. The lowest BCUT2D eigenvalue weighted by molar-refractivity contribution is -0.136. The maximum Gasteiger partial charge on any atom is 0.303 e. The molecule has 100 valence electrons. The molecule has 0 spiro atoms. The van der Waals surface area contributed by atoms with Crippen molar-refractivity contribution in [2.75, 3.05) is 11.5 Å². The van der Waals surface area contributed by atoms with Gasteiger partial charge in [0.25, 0.3) is 0 Å². The van der Waals surface area contributed by atoms with Crippen molar-refractivity contribution in [2.45, 2.75) is 12.8 Å². The number of rotatable bonds is 4. The highest BCUT2D eigenvalue weighted by atomic mass is 16.4. The first-order chi connectivity index (χ1) is 8.99. The van der Waals surface area contributed by atoms with Crippen molar-refractivity contribution in [1.29, 1.82) is 0 Å². The summed E-state index contributed by atoms with van der Waals surface area (Å²) in [4.78, 5) is 10.6. The molecule has 0 fully saturated rings. The van der Waals surface area contributed by atoms with Crippen LogP contribution in [0.25, 0.3) is 5.69 Å². The number of carboxylic acids is 1. The number of carboxylic acid groups (broad SMARTS) is 1. The minimum absolute atomic E-state index is 0.0693. The standard InChI is InChI=1S/C12H14N4O3/c13-11-9(4-5-10(18)19)12(14)16(15-11)7-2-1-3-8(17)6-7/h1-3,6,17H,4-5,14H2,(H2,13,15)(H,18,19). The maximum absolute atomic E-state index is 10.6. The highest BCUT2D eigenvalue weighted by molar-refractivity contribution is 5.68. The molecule has 0 aliphatic rings. The molecule has 0 unspecified atom stereocenters. The average Bonchev–Trinajstić information content (AvgIpc) is 2.62. The zero-order valence-corrected chi connectivity index (χ0v) is 10.1. The molecule has 6 N–H and O–H groups in total. The largest absolute Gasteiger partial charge is 0.508 e. The molecular formula is C12H14N4O3. The van der Waals surface area contributed by atoms with Gasteiger partial charge in [0.05, 0.1) is 5.69 Å². The van der Waals surface area contributed by atoms with Crippen molar-refractivity contribution < 1.29 is 15.0 Å². The number of benzene rings is 1. The Kier molecular flexibility index (Phi) is 3.28. The molecule has 1 heterocycles. The summed E-state index contributed by atoms with van der Waals surface area (Å²) in [5, 5.41) is 22.2. The molecule has 2 rings (SSSR count). The van der Waals surface area contributed by atoms with Gasteiger partial charge in [0, 0.05) is 18.1 Å². The lowest BCUT2D eigenvalue weighted by Crippen LogP contribution is -2.04. The molecule has 0 aliphatic heterocycles. The van der Waals surface area contributed by atoms with E-state index in [0.717, 1.165) is 0 Å². The second kappa shape index (κ2) is 4.89. The smallest absolute Gasteiger partial charge is 0.303 e. The van der Waals surface area contributed by atoms with Gasteiger partial charge in [0.2, 0.25) is 0 Å². The Morgan fingerprint density at radius 1 is 1.37 bits per heavy atom. The fourth-order valence-electron chi connectivity index (χ4n) is 1.79. The van der Waals surface area contributed by atoms with E-state index in [9.17, 15) is 9.90 Å². The number of nitrogen functional groups attached to an aromatic ring is 2. The summed E-state index contributed by atoms with van der Waals surface area (Å²) in [6.07, 6.45) is 0.145. The van der Waals surface area contributed by atoms with Crippen LogP contribution >= 0.6 is 0 Å². The van der Waals surface area contributed by atoms with E-state index in [1.54, 1.807) is 12.1 Å². The van der Waals surface area contributed by atoms with E-state index in [2.05, 4.69) is 5.10 Å². The lowest BCUT2D eigenvalue weighted by atomic mass is 10.1. The summed E-state index contributed by atoms with van der Waals surface area (Å²) >= 11 is 0. The van der Waals surface area contributed by atoms with Gasteiger partial charge in [-0.3, -0.25) is 4.79 Å². The molecule has 0 bridgehead atoms. The SMILES string of the molecule is Nc1nn(-c2cccc(O)c2)c(N)c1CCC(=O)O. The zero-order chi connectivity index (χ0) is 14.0. The molecular weight excluding hydrogens is 248 g/mol. The maximum atomic E-state index is 10.6. The van der Waals surface area contributed by atoms with E-state index in [-0.39, 0.29) is 30.2 Å². The Balaban J connectivity index is 2.38. The summed E-state index contributed by atoms with van der Waals surface area (Å²) < 4.78 is 1.38. The number of hydrogen-bond acceptors (Lipinski definition) is 5. The molecule has 2 aromatic rings. The number of aliphatic carboxylic acids is 1. The minimum Gasteiger partial charge on any atom is -0.508 e. The van der Waals surface area contributed by atoms with Gasteiger partial charge in [0.1, 0.15) is 11.6 Å². The van der Waals surface area contributed by atoms with Gasteiger partial charge >= 0.3 is 5.97 Å². The molecule has 7 heteroatoms. The molecule has 0 saturated carbocycles. The van der Waals surface area contributed by atoms with Crippen LogP contribution in [0.2, 0.25) is 0 Å². The number of phenols is 1. The van der Waals surface area contributed by atoms with E-state index >= 15 is 0 Å². The predicted octanol–water partition coefficient (Wildman–Crippen LogP) is 0.759. The summed E-state index contributed by atoms with van der Waals surface area (Å²) in [5.41, 5.74) is 12.7. The quantitative estimate of drug-likeness (QED) is 0.644. The second-order valence-electron chi connectivity index (χ2n) is 4.07. The Morgan fingerprint density at radius 2 is 2.11 bits per heavy atom. The average molecular weight is 262 g/mol. The summed E-state index contributed by atoms with van der Waals surface area (Å²) in [5.74, 6) is -0.367. The van der Waals surface area contributed by atoms with Crippen molar-refractivity contribution in [3.05, 3.63) is 29.8 Å². The van der Waals surface area contributed by atoms with Crippen LogP contribution in [0.4, 0.5) is 11.6 Å². The topological polar surface area (TPSA) is 127 Å². The van der Waals surface area contributed by atoms with Crippen LogP contribution in [0.3, 0.4) is 0 Å². The van der Waals surface area contributed by atoms with Crippen LogP contribution < -0.4 is 11.5 Å². The van der Waals surface area contributed by atoms with Gasteiger partial charge in [-0.1, -0.05) is 6.07 Å². The van der Waals surface area contributed by atoms with Gasteiger partial charge in [-0.15, -0.1) is 5.10 Å². The van der Waals surface area contributed by atoms with E-state index in [4.69, 9.17) is 16.6 Å². The molecule has 1 aromatic carbocycles. The predicted molar refractivity (Wildman–Crippen MR) is 70.0 cm³/mol. The van der Waals surface area contributed by atoms with Crippen molar-refractivity contribution in [2.24, 2.45) is 0 Å². The number of phenolic OH excluding ortho intramolecular Hbond substituents is 1. The van der Waals surface area contributed by atoms with Crippen LogP contribution in [0.5, 0.6) is 5.75 Å². The van der Waals surface area contributed by atoms with Gasteiger partial charge in [-0.05, 0) is 18.6 Å². The summed E-state index contributed by atoms with van der Waals surface area (Å²) in [7, 11) is 0. The van der Waals surface area contributed by atoms with Gasteiger partial charge in [0.15, 0.2) is 5.82 Å². The Bertz CT molecular complexity index is 621. The third-order valence-corrected chi connectivity index (χ3v) is 2.72. The zero-order valence-electron chi connectivity index (χ0n) is 10.1. The number of carbonyl (C=O) groups is 1. The Morgan fingerprint density at radius 3 is 2.74 bits per heavy atom. The van der Waals surface area contributed by atoms with Gasteiger partial charge in [-0.2, -0.15) is 0 Å². The molecule has 0 aliphatic carbocycles. The summed E-state index contributed by atoms with van der Waals surface area (Å²) in [6.45, 7) is 0. The number of aromatic hydroxyl groups is 1. The second-order valence-corrected chi connectivity index (χ2v) is 4.07. The van der Waals surface area contributed by atoms with E-state index < -0.39 is 5.97 Å². The Labute approximate surface area is 109 Å². The van der Waals surface area contributed by atoms with Crippen LogP contribution in [-0.4, -0.2) is 26.0 Å². The van der Waals surface area contributed by atoms with E-state index in [0.29, 0.717) is 11.3 Å². The van der Waals surface area contributed by atoms with Crippen LogP contribution in [0.15, 0.2) is 24.3 Å². The van der Waals surface area contributed by atoms with Gasteiger partial charge < -0.3 is 21.7 Å². The van der Waals surface area contributed by atoms with Crippen LogP contribution in [-0.2, 0) is 11.2 Å². The fourth-order valence-corrected chi connectivity index (χ4v) is 1.79. The molecule has 0 atom stereocenters. The number of nitrogens with zero attached hydrogens (tertiary/aromatic N) is 2. The minimum atomic E-state index is -0.927. The van der Waals surface area contributed by atoms with Crippen molar-refractivity contribution >= 4 is 17.6 Å². The monoisotopic (exact) mass is 262 g/mol. The number of hydrogen-bond donors (Lipinski definition) is 4.